The Morgan fingerprint density at radius 3 is 2.86 bits per heavy atom. The smallest absolute Gasteiger partial charge is 0.122 e. The third kappa shape index (κ3) is 3.28. The summed E-state index contributed by atoms with van der Waals surface area (Å²) in [6.07, 6.45) is 1.81. The molecule has 1 atom stereocenters. The number of hydrogen-bond donors (Lipinski definition) is 2. The summed E-state index contributed by atoms with van der Waals surface area (Å²) in [5.74, 6) is 1.55. The lowest BCUT2D eigenvalue weighted by atomic mass is 9.75. The standard InChI is InChI=1S/C17H21NO2S/c1-20-17-5-3-2-4-15(17)13-8-14(9-13)18-10-16(19)12-6-7-21-11-12/h2-7,11,13-14,16,18-19H,8-10H2,1H3. The lowest BCUT2D eigenvalue weighted by molar-refractivity contribution is 0.157. The van der Waals surface area contributed by atoms with Gasteiger partial charge < -0.3 is 15.2 Å². The molecule has 112 valence electrons. The SMILES string of the molecule is COc1ccccc1C1CC(NCC(O)c2ccsc2)C1. The van der Waals surface area contributed by atoms with Gasteiger partial charge in [-0.1, -0.05) is 18.2 Å². The van der Waals surface area contributed by atoms with Gasteiger partial charge in [0.25, 0.3) is 0 Å². The third-order valence-electron chi connectivity index (χ3n) is 4.24. The molecule has 1 aliphatic rings. The van der Waals surface area contributed by atoms with Crippen molar-refractivity contribution in [3.05, 3.63) is 52.2 Å². The van der Waals surface area contributed by atoms with Gasteiger partial charge in [0.1, 0.15) is 5.75 Å². The number of para-hydroxylation sites is 1. The first-order chi connectivity index (χ1) is 10.3. The maximum atomic E-state index is 10.1. The van der Waals surface area contributed by atoms with Gasteiger partial charge in [-0.25, -0.2) is 0 Å². The molecule has 1 aromatic heterocycles. The van der Waals surface area contributed by atoms with Gasteiger partial charge in [-0.3, -0.25) is 0 Å². The van der Waals surface area contributed by atoms with Crippen molar-refractivity contribution in [2.45, 2.75) is 30.9 Å². The van der Waals surface area contributed by atoms with Crippen LogP contribution in [-0.4, -0.2) is 24.8 Å². The number of thiophene rings is 1. The number of hydrogen-bond acceptors (Lipinski definition) is 4. The number of nitrogens with one attached hydrogen (secondary N) is 1. The molecule has 3 nitrogen and oxygen atoms in total. The maximum absolute atomic E-state index is 10.1. The molecular weight excluding hydrogens is 282 g/mol. The van der Waals surface area contributed by atoms with Crippen LogP contribution in [0.3, 0.4) is 0 Å². The average Bonchev–Trinajstić information content (AvgIpc) is 3.00. The van der Waals surface area contributed by atoms with Gasteiger partial charge in [0.05, 0.1) is 13.2 Å². The minimum atomic E-state index is -0.401. The van der Waals surface area contributed by atoms with Gasteiger partial charge in [-0.2, -0.15) is 11.3 Å². The number of ether oxygens (including phenoxy) is 1. The Morgan fingerprint density at radius 1 is 1.33 bits per heavy atom. The van der Waals surface area contributed by atoms with E-state index in [4.69, 9.17) is 4.74 Å². The molecule has 1 heterocycles. The van der Waals surface area contributed by atoms with E-state index < -0.39 is 6.10 Å². The Hall–Kier alpha value is -1.36. The van der Waals surface area contributed by atoms with E-state index in [1.54, 1.807) is 18.4 Å². The van der Waals surface area contributed by atoms with Crippen LogP contribution in [0, 0.1) is 0 Å². The Balaban J connectivity index is 1.48. The number of aliphatic hydroxyl groups is 1. The molecule has 0 spiro atoms. The minimum absolute atomic E-state index is 0.401. The molecule has 1 saturated carbocycles. The number of methoxy groups -OCH3 is 1. The Morgan fingerprint density at radius 2 is 2.14 bits per heavy atom. The van der Waals surface area contributed by atoms with E-state index in [1.807, 2.05) is 29.0 Å². The molecule has 0 amide bonds. The second kappa shape index (κ2) is 6.60. The highest BCUT2D eigenvalue weighted by atomic mass is 32.1. The summed E-state index contributed by atoms with van der Waals surface area (Å²) in [6, 6.07) is 10.7. The normalized spacial score (nSPS) is 22.6. The van der Waals surface area contributed by atoms with E-state index in [2.05, 4.69) is 17.4 Å². The number of aliphatic hydroxyl groups excluding tert-OH is 1. The second-order valence-electron chi connectivity index (χ2n) is 5.59. The fraction of sp³-hybridized carbons (Fsp3) is 0.412. The van der Waals surface area contributed by atoms with Crippen molar-refractivity contribution in [1.29, 1.82) is 0 Å². The predicted octanol–water partition coefficient (Wildman–Crippen LogP) is 3.33. The Labute approximate surface area is 129 Å². The fourth-order valence-electron chi connectivity index (χ4n) is 2.90. The van der Waals surface area contributed by atoms with E-state index in [0.717, 1.165) is 24.2 Å². The Bertz CT molecular complexity index is 564. The molecule has 1 aliphatic carbocycles. The largest absolute Gasteiger partial charge is 0.496 e. The van der Waals surface area contributed by atoms with Crippen LogP contribution in [0.4, 0.5) is 0 Å². The zero-order valence-corrected chi connectivity index (χ0v) is 13.0. The van der Waals surface area contributed by atoms with Crippen molar-refractivity contribution < 1.29 is 9.84 Å². The fourth-order valence-corrected chi connectivity index (χ4v) is 3.61. The summed E-state index contributed by atoms with van der Waals surface area (Å²) < 4.78 is 5.43. The van der Waals surface area contributed by atoms with E-state index >= 15 is 0 Å². The average molecular weight is 303 g/mol. The van der Waals surface area contributed by atoms with Crippen molar-refractivity contribution in [3.8, 4) is 5.75 Å². The molecule has 0 saturated heterocycles. The van der Waals surface area contributed by atoms with Crippen LogP contribution in [0.5, 0.6) is 5.75 Å². The minimum Gasteiger partial charge on any atom is -0.496 e. The highest BCUT2D eigenvalue weighted by Crippen LogP contribution is 2.41. The van der Waals surface area contributed by atoms with Crippen molar-refractivity contribution >= 4 is 11.3 Å². The van der Waals surface area contributed by atoms with Crippen LogP contribution >= 0.6 is 11.3 Å². The second-order valence-corrected chi connectivity index (χ2v) is 6.37. The van der Waals surface area contributed by atoms with Crippen molar-refractivity contribution in [1.82, 2.24) is 5.32 Å². The molecule has 1 unspecified atom stereocenters. The van der Waals surface area contributed by atoms with Gasteiger partial charge in [-0.15, -0.1) is 0 Å². The maximum Gasteiger partial charge on any atom is 0.122 e. The van der Waals surface area contributed by atoms with Crippen LogP contribution in [0.1, 0.15) is 36.0 Å². The molecule has 2 N–H and O–H groups in total. The van der Waals surface area contributed by atoms with Crippen LogP contribution in [0.15, 0.2) is 41.1 Å². The van der Waals surface area contributed by atoms with Gasteiger partial charge in [-0.05, 0) is 52.8 Å². The molecule has 0 aliphatic heterocycles. The molecule has 0 radical (unpaired) electrons. The van der Waals surface area contributed by atoms with Gasteiger partial charge in [0.2, 0.25) is 0 Å². The van der Waals surface area contributed by atoms with Crippen LogP contribution in [0.25, 0.3) is 0 Å². The van der Waals surface area contributed by atoms with Crippen LogP contribution < -0.4 is 10.1 Å². The van der Waals surface area contributed by atoms with Crippen molar-refractivity contribution in [2.24, 2.45) is 0 Å². The van der Waals surface area contributed by atoms with Gasteiger partial charge in [0.15, 0.2) is 0 Å². The number of rotatable bonds is 6. The summed E-state index contributed by atoms with van der Waals surface area (Å²) in [4.78, 5) is 0. The molecular formula is C17H21NO2S. The first kappa shape index (κ1) is 14.6. The summed E-state index contributed by atoms with van der Waals surface area (Å²) in [7, 11) is 1.73. The molecule has 1 fully saturated rings. The van der Waals surface area contributed by atoms with E-state index in [1.165, 1.54) is 5.56 Å². The Kier molecular flexibility index (Phi) is 4.58. The van der Waals surface area contributed by atoms with Crippen molar-refractivity contribution in [2.75, 3.05) is 13.7 Å². The molecule has 21 heavy (non-hydrogen) atoms. The first-order valence-corrected chi connectivity index (χ1v) is 8.28. The monoisotopic (exact) mass is 303 g/mol. The van der Waals surface area contributed by atoms with E-state index in [0.29, 0.717) is 18.5 Å². The highest BCUT2D eigenvalue weighted by molar-refractivity contribution is 7.07. The van der Waals surface area contributed by atoms with E-state index in [-0.39, 0.29) is 0 Å². The summed E-state index contributed by atoms with van der Waals surface area (Å²) >= 11 is 1.62. The van der Waals surface area contributed by atoms with Gasteiger partial charge in [0, 0.05) is 12.6 Å². The van der Waals surface area contributed by atoms with E-state index in [9.17, 15) is 5.11 Å². The number of benzene rings is 1. The molecule has 2 aromatic rings. The molecule has 1 aromatic carbocycles. The topological polar surface area (TPSA) is 41.5 Å². The quantitative estimate of drug-likeness (QED) is 0.860. The highest BCUT2D eigenvalue weighted by Gasteiger charge is 2.31. The zero-order chi connectivity index (χ0) is 14.7. The van der Waals surface area contributed by atoms with Gasteiger partial charge >= 0.3 is 0 Å². The zero-order valence-electron chi connectivity index (χ0n) is 12.2. The molecule has 3 rings (SSSR count). The third-order valence-corrected chi connectivity index (χ3v) is 4.95. The van der Waals surface area contributed by atoms with Crippen molar-refractivity contribution in [3.63, 3.8) is 0 Å². The summed E-state index contributed by atoms with van der Waals surface area (Å²) in [5, 5.41) is 17.5. The lowest BCUT2D eigenvalue weighted by Crippen LogP contribution is -2.41. The van der Waals surface area contributed by atoms with Crippen LogP contribution in [0.2, 0.25) is 0 Å². The summed E-state index contributed by atoms with van der Waals surface area (Å²) in [5.41, 5.74) is 2.31. The predicted molar refractivity (Wildman–Crippen MR) is 86.0 cm³/mol. The van der Waals surface area contributed by atoms with Crippen LogP contribution in [-0.2, 0) is 0 Å². The first-order valence-electron chi connectivity index (χ1n) is 7.34. The molecule has 0 bridgehead atoms. The lowest BCUT2D eigenvalue weighted by Gasteiger charge is -2.37. The summed E-state index contributed by atoms with van der Waals surface area (Å²) in [6.45, 7) is 0.625. The molecule has 4 heteroatoms.